The Labute approximate surface area is 120 Å². The third-order valence-corrected chi connectivity index (χ3v) is 3.34. The van der Waals surface area contributed by atoms with Gasteiger partial charge in [-0.05, 0) is 40.5 Å². The van der Waals surface area contributed by atoms with Crippen molar-refractivity contribution in [2.45, 2.75) is 64.2 Å². The van der Waals surface area contributed by atoms with Crippen molar-refractivity contribution in [2.24, 2.45) is 0 Å². The molecule has 1 heterocycles. The Morgan fingerprint density at radius 1 is 1.45 bits per heavy atom. The van der Waals surface area contributed by atoms with Gasteiger partial charge in [-0.2, -0.15) is 0 Å². The average molecular weight is 283 g/mol. The van der Waals surface area contributed by atoms with Crippen LogP contribution in [-0.4, -0.2) is 46.2 Å². The first-order valence-electron chi connectivity index (χ1n) is 7.03. The minimum atomic E-state index is -1.54. The molecule has 0 aromatic carbocycles. The SMILES string of the molecule is C/C=C/CC(O)(C=O)[C@@H]1CCCN1C(=O)OC(C)(C)C. The van der Waals surface area contributed by atoms with Gasteiger partial charge >= 0.3 is 6.09 Å². The molecule has 0 aliphatic carbocycles. The van der Waals surface area contributed by atoms with E-state index in [-0.39, 0.29) is 6.42 Å². The summed E-state index contributed by atoms with van der Waals surface area (Å²) in [6.07, 6.45) is 5.15. The van der Waals surface area contributed by atoms with E-state index >= 15 is 0 Å². The van der Waals surface area contributed by atoms with Crippen molar-refractivity contribution >= 4 is 12.4 Å². The number of ether oxygens (including phenoxy) is 1. The number of amides is 1. The molecule has 1 rings (SSSR count). The van der Waals surface area contributed by atoms with Crippen LogP contribution in [-0.2, 0) is 9.53 Å². The van der Waals surface area contributed by atoms with Gasteiger partial charge in [-0.15, -0.1) is 0 Å². The summed E-state index contributed by atoms with van der Waals surface area (Å²) < 4.78 is 5.34. The molecule has 1 fully saturated rings. The first-order chi connectivity index (χ1) is 9.23. The molecule has 5 nitrogen and oxygen atoms in total. The zero-order chi connectivity index (χ0) is 15.4. The van der Waals surface area contributed by atoms with E-state index in [1.54, 1.807) is 32.9 Å². The lowest BCUT2D eigenvalue weighted by molar-refractivity contribution is -0.129. The number of aliphatic hydroxyl groups is 1. The maximum Gasteiger partial charge on any atom is 0.410 e. The van der Waals surface area contributed by atoms with Crippen molar-refractivity contribution in [1.82, 2.24) is 4.90 Å². The van der Waals surface area contributed by atoms with Crippen LogP contribution in [0, 0.1) is 0 Å². The number of hydrogen-bond acceptors (Lipinski definition) is 4. The Bertz CT molecular complexity index is 386. The normalized spacial score (nSPS) is 22.9. The van der Waals surface area contributed by atoms with E-state index in [1.165, 1.54) is 4.90 Å². The second-order valence-electron chi connectivity index (χ2n) is 6.21. The van der Waals surface area contributed by atoms with Gasteiger partial charge in [-0.3, -0.25) is 0 Å². The summed E-state index contributed by atoms with van der Waals surface area (Å²) >= 11 is 0. The molecule has 0 radical (unpaired) electrons. The Kier molecular flexibility index (Phi) is 5.34. The number of nitrogens with zero attached hydrogens (tertiary/aromatic N) is 1. The number of carbonyl (C=O) groups excluding carboxylic acids is 2. The first kappa shape index (κ1) is 16.7. The molecule has 0 aromatic heterocycles. The second kappa shape index (κ2) is 6.39. The summed E-state index contributed by atoms with van der Waals surface area (Å²) in [7, 11) is 0. The van der Waals surface area contributed by atoms with Crippen molar-refractivity contribution in [1.29, 1.82) is 0 Å². The largest absolute Gasteiger partial charge is 0.444 e. The highest BCUT2D eigenvalue weighted by molar-refractivity contribution is 5.72. The average Bonchev–Trinajstić information content (AvgIpc) is 2.83. The summed E-state index contributed by atoms with van der Waals surface area (Å²) in [6, 6.07) is -0.522. The highest BCUT2D eigenvalue weighted by Crippen LogP contribution is 2.30. The predicted octanol–water partition coefficient (Wildman–Crippen LogP) is 2.28. The van der Waals surface area contributed by atoms with E-state index in [1.807, 2.05) is 6.92 Å². The number of allylic oxidation sites excluding steroid dienone is 1. The molecule has 0 spiro atoms. The van der Waals surface area contributed by atoms with E-state index in [2.05, 4.69) is 0 Å². The lowest BCUT2D eigenvalue weighted by atomic mass is 9.90. The van der Waals surface area contributed by atoms with Crippen LogP contribution < -0.4 is 0 Å². The van der Waals surface area contributed by atoms with Gasteiger partial charge < -0.3 is 19.5 Å². The van der Waals surface area contributed by atoms with Gasteiger partial charge in [-0.1, -0.05) is 12.2 Å². The van der Waals surface area contributed by atoms with Crippen LogP contribution in [0.4, 0.5) is 4.79 Å². The Balaban J connectivity index is 2.87. The van der Waals surface area contributed by atoms with Crippen LogP contribution in [0.5, 0.6) is 0 Å². The third kappa shape index (κ3) is 4.07. The highest BCUT2D eigenvalue weighted by Gasteiger charge is 2.45. The molecule has 1 N–H and O–H groups in total. The molecule has 1 aliphatic rings. The first-order valence-corrected chi connectivity index (χ1v) is 7.03. The summed E-state index contributed by atoms with van der Waals surface area (Å²) in [5, 5.41) is 10.5. The van der Waals surface area contributed by atoms with Gasteiger partial charge in [0.2, 0.25) is 0 Å². The van der Waals surface area contributed by atoms with Crippen molar-refractivity contribution in [3.63, 3.8) is 0 Å². The fraction of sp³-hybridized carbons (Fsp3) is 0.733. The molecule has 1 amide bonds. The van der Waals surface area contributed by atoms with Gasteiger partial charge in [0.25, 0.3) is 0 Å². The van der Waals surface area contributed by atoms with Crippen LogP contribution in [0.3, 0.4) is 0 Å². The molecule has 0 saturated carbocycles. The number of hydrogen-bond donors (Lipinski definition) is 1. The van der Waals surface area contributed by atoms with E-state index in [0.717, 1.165) is 6.42 Å². The summed E-state index contributed by atoms with van der Waals surface area (Å²) in [5.41, 5.74) is -2.13. The second-order valence-corrected chi connectivity index (χ2v) is 6.21. The highest BCUT2D eigenvalue weighted by atomic mass is 16.6. The summed E-state index contributed by atoms with van der Waals surface area (Å²) in [5.74, 6) is 0. The van der Waals surface area contributed by atoms with Gasteiger partial charge in [0.05, 0.1) is 6.04 Å². The van der Waals surface area contributed by atoms with Gasteiger partial charge in [0.15, 0.2) is 6.29 Å². The molecule has 114 valence electrons. The van der Waals surface area contributed by atoms with Crippen LogP contribution in [0.25, 0.3) is 0 Å². The van der Waals surface area contributed by atoms with Crippen molar-refractivity contribution in [3.8, 4) is 0 Å². The molecule has 20 heavy (non-hydrogen) atoms. The molecule has 5 heteroatoms. The van der Waals surface area contributed by atoms with Gasteiger partial charge in [0.1, 0.15) is 11.2 Å². The fourth-order valence-corrected chi connectivity index (χ4v) is 2.39. The van der Waals surface area contributed by atoms with Gasteiger partial charge in [-0.25, -0.2) is 4.79 Å². The number of likely N-dealkylation sites (tertiary alicyclic amines) is 1. The van der Waals surface area contributed by atoms with Crippen LogP contribution in [0.2, 0.25) is 0 Å². The van der Waals surface area contributed by atoms with Crippen LogP contribution >= 0.6 is 0 Å². The number of rotatable bonds is 4. The summed E-state index contributed by atoms with van der Waals surface area (Å²) in [4.78, 5) is 25.0. The lowest BCUT2D eigenvalue weighted by Crippen LogP contribution is -2.53. The van der Waals surface area contributed by atoms with E-state index < -0.39 is 23.3 Å². The van der Waals surface area contributed by atoms with Gasteiger partial charge in [0, 0.05) is 13.0 Å². The smallest absolute Gasteiger partial charge is 0.410 e. The molecule has 0 bridgehead atoms. The molecule has 1 aliphatic heterocycles. The fourth-order valence-electron chi connectivity index (χ4n) is 2.39. The predicted molar refractivity (Wildman–Crippen MR) is 76.4 cm³/mol. The topological polar surface area (TPSA) is 66.8 Å². The maximum atomic E-state index is 12.2. The van der Waals surface area contributed by atoms with Crippen molar-refractivity contribution < 1.29 is 19.4 Å². The minimum absolute atomic E-state index is 0.205. The standard InChI is InChI=1S/C15H25NO4/c1-5-6-9-15(19,11-17)12-8-7-10-16(12)13(18)20-14(2,3)4/h5-6,11-12,19H,7-10H2,1-4H3/b6-5+/t12-,15?/m0/s1. The Morgan fingerprint density at radius 3 is 2.60 bits per heavy atom. The molecule has 0 aromatic rings. The van der Waals surface area contributed by atoms with E-state index in [4.69, 9.17) is 4.74 Å². The minimum Gasteiger partial charge on any atom is -0.444 e. The molecule has 1 saturated heterocycles. The zero-order valence-corrected chi connectivity index (χ0v) is 12.8. The Morgan fingerprint density at radius 2 is 2.10 bits per heavy atom. The molecule has 1 unspecified atom stereocenters. The molecule has 2 atom stereocenters. The Hall–Kier alpha value is -1.36. The summed E-state index contributed by atoms with van der Waals surface area (Å²) in [6.45, 7) is 7.71. The van der Waals surface area contributed by atoms with Crippen LogP contribution in [0.15, 0.2) is 12.2 Å². The van der Waals surface area contributed by atoms with Crippen LogP contribution in [0.1, 0.15) is 47.0 Å². The zero-order valence-electron chi connectivity index (χ0n) is 12.8. The third-order valence-electron chi connectivity index (χ3n) is 3.34. The lowest BCUT2D eigenvalue weighted by Gasteiger charge is -2.35. The number of aldehydes is 1. The number of carbonyl (C=O) groups is 2. The van der Waals surface area contributed by atoms with E-state index in [9.17, 15) is 14.7 Å². The quantitative estimate of drug-likeness (QED) is 0.635. The van der Waals surface area contributed by atoms with Crippen molar-refractivity contribution in [2.75, 3.05) is 6.54 Å². The molecular formula is C15H25NO4. The van der Waals surface area contributed by atoms with E-state index in [0.29, 0.717) is 19.3 Å². The maximum absolute atomic E-state index is 12.2. The van der Waals surface area contributed by atoms with Crippen molar-refractivity contribution in [3.05, 3.63) is 12.2 Å². The monoisotopic (exact) mass is 283 g/mol. The molecular weight excluding hydrogens is 258 g/mol.